The van der Waals surface area contributed by atoms with Crippen LogP contribution in [0.1, 0.15) is 24.8 Å². The molecule has 1 aliphatic rings. The van der Waals surface area contributed by atoms with Crippen molar-refractivity contribution >= 4 is 34.2 Å². The van der Waals surface area contributed by atoms with Gasteiger partial charge in [0, 0.05) is 61.4 Å². The molecular formula is C30H30N8O2. The smallest absolute Gasteiger partial charge is 0.224 e. The van der Waals surface area contributed by atoms with Gasteiger partial charge in [0.15, 0.2) is 11.6 Å². The van der Waals surface area contributed by atoms with Crippen LogP contribution in [0.4, 0.5) is 11.5 Å². The molecule has 202 valence electrons. The fourth-order valence-corrected chi connectivity index (χ4v) is 5.05. The summed E-state index contributed by atoms with van der Waals surface area (Å²) in [5, 5.41) is 16.1. The minimum absolute atomic E-state index is 0.0414. The normalized spacial score (nSPS) is 13.2. The first-order valence-corrected chi connectivity index (χ1v) is 13.5. The first-order valence-electron chi connectivity index (χ1n) is 13.5. The quantitative estimate of drug-likeness (QED) is 0.262. The molecule has 10 heteroatoms. The lowest BCUT2D eigenvalue weighted by Crippen LogP contribution is -2.31. The standard InChI is InChI=1S/C30H30N8O2/c39-29(32-14-4-17-36-16-3-7-30(36)40)19-22-20-38(26-6-2-1-5-25(22)26)28-13-12-27(34-35-28)33-23-8-10-24(11-9-23)37-18-15-31-21-37/h1-2,5-6,8-13,15,18,20-21H,3-4,7,14,16-17,19H2,(H,32,39)(H,33,34). The number of carbonyl (C=O) groups excluding carboxylic acids is 2. The van der Waals surface area contributed by atoms with E-state index < -0.39 is 0 Å². The molecule has 10 nitrogen and oxygen atoms in total. The first kappa shape index (κ1) is 25.3. The largest absolute Gasteiger partial charge is 0.356 e. The molecular weight excluding hydrogens is 504 g/mol. The van der Waals surface area contributed by atoms with Crippen molar-refractivity contribution in [3.63, 3.8) is 0 Å². The minimum atomic E-state index is -0.0414. The number of nitrogens with one attached hydrogen (secondary N) is 2. The molecule has 2 N–H and O–H groups in total. The molecule has 40 heavy (non-hydrogen) atoms. The van der Waals surface area contributed by atoms with Crippen LogP contribution in [0.2, 0.25) is 0 Å². The molecule has 0 atom stereocenters. The highest BCUT2D eigenvalue weighted by Crippen LogP contribution is 2.25. The molecule has 0 spiro atoms. The summed E-state index contributed by atoms with van der Waals surface area (Å²) in [5.74, 6) is 1.47. The third-order valence-corrected chi connectivity index (χ3v) is 7.08. The van der Waals surface area contributed by atoms with Gasteiger partial charge in [-0.05, 0) is 60.9 Å². The maximum absolute atomic E-state index is 12.7. The van der Waals surface area contributed by atoms with Crippen molar-refractivity contribution in [1.82, 2.24) is 34.5 Å². The number of anilines is 2. The predicted octanol–water partition coefficient (Wildman–Crippen LogP) is 4.02. The van der Waals surface area contributed by atoms with E-state index in [1.165, 1.54) is 0 Å². The van der Waals surface area contributed by atoms with Crippen molar-refractivity contribution in [2.45, 2.75) is 25.7 Å². The number of aromatic nitrogens is 5. The number of para-hydroxylation sites is 1. The number of likely N-dealkylation sites (tertiary alicyclic amines) is 1. The van der Waals surface area contributed by atoms with Gasteiger partial charge in [-0.1, -0.05) is 18.2 Å². The summed E-state index contributed by atoms with van der Waals surface area (Å²) in [6.07, 6.45) is 9.95. The van der Waals surface area contributed by atoms with Gasteiger partial charge in [0.25, 0.3) is 0 Å². The number of fused-ring (bicyclic) bond motifs is 1. The number of hydrogen-bond acceptors (Lipinski definition) is 6. The molecule has 0 aliphatic carbocycles. The highest BCUT2D eigenvalue weighted by molar-refractivity contribution is 5.90. The fourth-order valence-electron chi connectivity index (χ4n) is 5.05. The van der Waals surface area contributed by atoms with Crippen LogP contribution in [0.3, 0.4) is 0 Å². The van der Waals surface area contributed by atoms with E-state index >= 15 is 0 Å². The lowest BCUT2D eigenvalue weighted by atomic mass is 10.1. The van der Waals surface area contributed by atoms with Crippen LogP contribution in [-0.2, 0) is 16.0 Å². The first-order chi connectivity index (χ1) is 19.6. The molecule has 2 aromatic carbocycles. The van der Waals surface area contributed by atoms with E-state index in [9.17, 15) is 9.59 Å². The Hall–Kier alpha value is -4.99. The minimum Gasteiger partial charge on any atom is -0.356 e. The molecule has 1 saturated heterocycles. The maximum Gasteiger partial charge on any atom is 0.224 e. The average Bonchev–Trinajstić information content (AvgIpc) is 3.74. The van der Waals surface area contributed by atoms with Gasteiger partial charge in [-0.2, -0.15) is 0 Å². The van der Waals surface area contributed by atoms with Crippen LogP contribution in [-0.4, -0.2) is 60.7 Å². The van der Waals surface area contributed by atoms with Crippen LogP contribution in [0.5, 0.6) is 0 Å². The van der Waals surface area contributed by atoms with Crippen LogP contribution >= 0.6 is 0 Å². The van der Waals surface area contributed by atoms with Gasteiger partial charge in [0.2, 0.25) is 11.8 Å². The molecule has 0 bridgehead atoms. The van der Waals surface area contributed by atoms with Gasteiger partial charge in [0.1, 0.15) is 0 Å². The SMILES string of the molecule is O=C(Cc1cn(-c2ccc(Nc3ccc(-n4ccnc4)cc3)nn2)c2ccccc12)NCCCN1CCCC1=O. The monoisotopic (exact) mass is 534 g/mol. The fraction of sp³-hybridized carbons (Fsp3) is 0.233. The van der Waals surface area contributed by atoms with Crippen molar-refractivity contribution in [3.05, 3.63) is 91.1 Å². The van der Waals surface area contributed by atoms with E-state index in [4.69, 9.17) is 0 Å². The number of rotatable bonds is 10. The summed E-state index contributed by atoms with van der Waals surface area (Å²) in [6.45, 7) is 2.07. The van der Waals surface area contributed by atoms with E-state index in [1.54, 1.807) is 12.5 Å². The van der Waals surface area contributed by atoms with E-state index in [2.05, 4.69) is 25.8 Å². The molecule has 2 amide bonds. The molecule has 0 radical (unpaired) electrons. The zero-order valence-corrected chi connectivity index (χ0v) is 22.0. The van der Waals surface area contributed by atoms with Gasteiger partial charge < -0.3 is 20.1 Å². The van der Waals surface area contributed by atoms with E-state index in [0.717, 1.165) is 47.2 Å². The summed E-state index contributed by atoms with van der Waals surface area (Å²) < 4.78 is 3.91. The Kier molecular flexibility index (Phi) is 7.21. The number of carbonyl (C=O) groups is 2. The zero-order valence-electron chi connectivity index (χ0n) is 22.0. The Labute approximate surface area is 231 Å². The number of amides is 2. The van der Waals surface area contributed by atoms with Crippen LogP contribution in [0.15, 0.2) is 85.6 Å². The lowest BCUT2D eigenvalue weighted by molar-refractivity contribution is -0.127. The third-order valence-electron chi connectivity index (χ3n) is 7.08. The third kappa shape index (κ3) is 5.56. The van der Waals surface area contributed by atoms with Crippen LogP contribution < -0.4 is 10.6 Å². The molecule has 0 unspecified atom stereocenters. The topological polar surface area (TPSA) is 110 Å². The molecule has 6 rings (SSSR count). The Morgan fingerprint density at radius 3 is 2.62 bits per heavy atom. The van der Waals surface area contributed by atoms with Gasteiger partial charge in [-0.15, -0.1) is 10.2 Å². The maximum atomic E-state index is 12.7. The van der Waals surface area contributed by atoms with E-state index in [1.807, 2.05) is 87.1 Å². The summed E-state index contributed by atoms with van der Waals surface area (Å²) in [5.41, 5.74) is 3.80. The average molecular weight is 535 g/mol. The number of imidazole rings is 1. The van der Waals surface area contributed by atoms with Gasteiger partial charge >= 0.3 is 0 Å². The Bertz CT molecular complexity index is 1610. The predicted molar refractivity (Wildman–Crippen MR) is 153 cm³/mol. The summed E-state index contributed by atoms with van der Waals surface area (Å²) >= 11 is 0. The molecule has 1 fully saturated rings. The second-order valence-electron chi connectivity index (χ2n) is 9.82. The highest BCUT2D eigenvalue weighted by Gasteiger charge is 2.19. The number of benzene rings is 2. The summed E-state index contributed by atoms with van der Waals surface area (Å²) in [6, 6.07) is 19.7. The Balaban J connectivity index is 1.10. The van der Waals surface area contributed by atoms with Crippen molar-refractivity contribution in [1.29, 1.82) is 0 Å². The molecule has 1 aliphatic heterocycles. The Morgan fingerprint density at radius 2 is 1.88 bits per heavy atom. The van der Waals surface area contributed by atoms with Gasteiger partial charge in [0.05, 0.1) is 18.3 Å². The lowest BCUT2D eigenvalue weighted by Gasteiger charge is -2.15. The number of hydrogen-bond donors (Lipinski definition) is 2. The van der Waals surface area contributed by atoms with Crippen LogP contribution in [0, 0.1) is 0 Å². The summed E-state index contributed by atoms with van der Waals surface area (Å²) in [4.78, 5) is 30.4. The van der Waals surface area contributed by atoms with Crippen molar-refractivity contribution in [2.75, 3.05) is 25.0 Å². The molecule has 4 heterocycles. The van der Waals surface area contributed by atoms with Crippen molar-refractivity contribution in [2.24, 2.45) is 0 Å². The van der Waals surface area contributed by atoms with Gasteiger partial charge in [-0.3, -0.25) is 14.2 Å². The van der Waals surface area contributed by atoms with Gasteiger partial charge in [-0.25, -0.2) is 4.98 Å². The Morgan fingerprint density at radius 1 is 1.00 bits per heavy atom. The van der Waals surface area contributed by atoms with E-state index in [-0.39, 0.29) is 18.2 Å². The zero-order chi connectivity index (χ0) is 27.3. The van der Waals surface area contributed by atoms with Crippen molar-refractivity contribution in [3.8, 4) is 11.5 Å². The molecule has 5 aromatic rings. The number of nitrogens with zero attached hydrogens (tertiary/aromatic N) is 6. The van der Waals surface area contributed by atoms with Crippen molar-refractivity contribution < 1.29 is 9.59 Å². The second-order valence-corrected chi connectivity index (χ2v) is 9.82. The molecule has 3 aromatic heterocycles. The summed E-state index contributed by atoms with van der Waals surface area (Å²) in [7, 11) is 0. The molecule has 0 saturated carbocycles. The second kappa shape index (κ2) is 11.4. The highest BCUT2D eigenvalue weighted by atomic mass is 16.2. The van der Waals surface area contributed by atoms with E-state index in [0.29, 0.717) is 31.1 Å². The van der Waals surface area contributed by atoms with Crippen LogP contribution in [0.25, 0.3) is 22.4 Å².